The zero-order valence-corrected chi connectivity index (χ0v) is 45.8. The maximum Gasteiger partial charge on any atom is 0.143 e. The summed E-state index contributed by atoms with van der Waals surface area (Å²) < 4.78 is 7.10. The molecule has 0 fully saturated rings. The van der Waals surface area contributed by atoms with E-state index in [0.717, 1.165) is 78.3 Å². The number of allylic oxidation sites excluding steroid dienone is 3. The molecule has 0 spiro atoms. The van der Waals surface area contributed by atoms with E-state index in [0.29, 0.717) is 0 Å². The maximum absolute atomic E-state index is 7.10. The lowest BCUT2D eigenvalue weighted by molar-refractivity contribution is 0.639. The Morgan fingerprint density at radius 3 is 1.15 bits per heavy atom. The molecule has 0 N–H and O–H groups in total. The van der Waals surface area contributed by atoms with Gasteiger partial charge >= 0.3 is 0 Å². The molecule has 0 saturated heterocycles. The largest absolute Gasteiger partial charge is 0.455 e. The van der Waals surface area contributed by atoms with E-state index in [2.05, 4.69) is 306 Å². The smallest absolute Gasteiger partial charge is 0.143 e. The average molecular weight is 1030 g/mol. The molecule has 0 bridgehead atoms. The van der Waals surface area contributed by atoms with Crippen molar-refractivity contribution < 1.29 is 4.42 Å². The van der Waals surface area contributed by atoms with Crippen molar-refractivity contribution in [2.45, 2.75) is 45.4 Å². The lowest BCUT2D eigenvalue weighted by Crippen LogP contribution is -2.17. The molecule has 0 atom stereocenters. The summed E-state index contributed by atoms with van der Waals surface area (Å²) in [5, 5.41) is 2.19. The van der Waals surface area contributed by atoms with Gasteiger partial charge in [0.15, 0.2) is 0 Å². The van der Waals surface area contributed by atoms with Crippen molar-refractivity contribution >= 4 is 61.6 Å². The number of fused-ring (bicyclic) bond motifs is 7. The van der Waals surface area contributed by atoms with Crippen molar-refractivity contribution in [1.29, 1.82) is 0 Å². The van der Waals surface area contributed by atoms with Gasteiger partial charge in [-0.1, -0.05) is 228 Å². The number of rotatable bonds is 11. The minimum atomic E-state index is -0.129. The fourth-order valence-corrected chi connectivity index (χ4v) is 12.9. The van der Waals surface area contributed by atoms with E-state index in [4.69, 9.17) is 4.42 Å². The molecule has 3 nitrogen and oxygen atoms in total. The molecule has 2 aliphatic carbocycles. The Hall–Kier alpha value is -9.70. The molecule has 14 rings (SSSR count). The van der Waals surface area contributed by atoms with E-state index in [1.165, 1.54) is 66.8 Å². The van der Waals surface area contributed by atoms with Crippen molar-refractivity contribution in [3.05, 3.63) is 295 Å². The second-order valence-corrected chi connectivity index (χ2v) is 22.6. The summed E-state index contributed by atoms with van der Waals surface area (Å²) in [6, 6.07) is 92.9. The van der Waals surface area contributed by atoms with E-state index in [-0.39, 0.29) is 10.8 Å². The molecular weight excluding hydrogens is 969 g/mol. The van der Waals surface area contributed by atoms with Crippen molar-refractivity contribution in [3.63, 3.8) is 0 Å². The van der Waals surface area contributed by atoms with E-state index >= 15 is 0 Å². The van der Waals surface area contributed by atoms with Crippen LogP contribution in [0.1, 0.15) is 56.9 Å². The Morgan fingerprint density at radius 2 is 0.688 bits per heavy atom. The number of para-hydroxylation sites is 2. The van der Waals surface area contributed by atoms with Gasteiger partial charge in [-0.05, 0) is 152 Å². The highest BCUT2D eigenvalue weighted by Crippen LogP contribution is 2.52. The Morgan fingerprint density at radius 1 is 0.325 bits per heavy atom. The monoisotopic (exact) mass is 1030 g/mol. The zero-order valence-electron chi connectivity index (χ0n) is 45.8. The van der Waals surface area contributed by atoms with Gasteiger partial charge in [-0.25, -0.2) is 0 Å². The standard InChI is InChI=1S/C77H60N2O/c1-7-63-50(2)76(3,4)72-48-61(44-46-67(63)72)78(57-36-28-53(29-37-57)51-18-10-8-11-19-51)59-40-32-55(33-41-59)64-23-16-25-69-70-26-17-24-65(75(70)80-74(64)69)56-34-42-60(43-35-56)79(58-38-30-54(31-39-58)52-20-12-9-13-21-52)62-45-47-68-66-22-14-15-27-71(66)77(5,6)73(68)49-62/h7-49H,1H2,2-6H3. The van der Waals surface area contributed by atoms with Crippen LogP contribution >= 0.6 is 0 Å². The van der Waals surface area contributed by atoms with Crippen LogP contribution in [-0.2, 0) is 10.8 Å². The highest BCUT2D eigenvalue weighted by molar-refractivity contribution is 6.13. The van der Waals surface area contributed by atoms with Gasteiger partial charge in [-0.2, -0.15) is 0 Å². The van der Waals surface area contributed by atoms with Gasteiger partial charge in [0.05, 0.1) is 0 Å². The Bertz CT molecular complexity index is 4390. The number of hydrogen-bond acceptors (Lipinski definition) is 3. The molecule has 1 heterocycles. The number of hydrogen-bond donors (Lipinski definition) is 0. The Balaban J connectivity index is 0.817. The van der Waals surface area contributed by atoms with Crippen LogP contribution in [0.25, 0.3) is 83.1 Å². The second kappa shape index (κ2) is 19.0. The number of furan rings is 1. The number of anilines is 6. The summed E-state index contributed by atoms with van der Waals surface area (Å²) in [6.45, 7) is 15.8. The summed E-state index contributed by atoms with van der Waals surface area (Å²) in [7, 11) is 0. The van der Waals surface area contributed by atoms with Crippen LogP contribution in [0.4, 0.5) is 34.1 Å². The summed E-state index contributed by atoms with van der Waals surface area (Å²) in [5.41, 5.74) is 27.6. The van der Waals surface area contributed by atoms with Gasteiger partial charge < -0.3 is 14.2 Å². The van der Waals surface area contributed by atoms with Crippen molar-refractivity contribution in [1.82, 2.24) is 0 Å². The summed E-state index contributed by atoms with van der Waals surface area (Å²) in [5.74, 6) is 0. The van der Waals surface area contributed by atoms with Crippen LogP contribution < -0.4 is 9.80 Å². The fourth-order valence-electron chi connectivity index (χ4n) is 12.9. The van der Waals surface area contributed by atoms with Gasteiger partial charge in [-0.15, -0.1) is 0 Å². The SMILES string of the molecule is C=CC1=C(C)C(C)(C)c2cc(N(c3ccc(-c4ccccc4)cc3)c3ccc(-c4cccc5c4oc4c(-c6ccc(N(c7ccc(-c8ccccc8)cc7)c7ccc8c(c7)C(C)(C)c7ccccc7-8)cc6)cccc45)cc3)ccc21. The molecule has 0 amide bonds. The third-order valence-corrected chi connectivity index (χ3v) is 17.5. The van der Waals surface area contributed by atoms with Crippen molar-refractivity contribution in [3.8, 4) is 55.6 Å². The van der Waals surface area contributed by atoms with Gasteiger partial charge in [0.1, 0.15) is 11.2 Å². The lowest BCUT2D eigenvalue weighted by atomic mass is 9.82. The zero-order chi connectivity index (χ0) is 54.3. The molecule has 80 heavy (non-hydrogen) atoms. The maximum atomic E-state index is 7.10. The van der Waals surface area contributed by atoms with E-state index in [1.807, 2.05) is 6.08 Å². The average Bonchev–Trinajstić information content (AvgIpc) is 4.20. The molecule has 3 heteroatoms. The predicted molar refractivity (Wildman–Crippen MR) is 338 cm³/mol. The van der Waals surface area contributed by atoms with E-state index in [1.54, 1.807) is 0 Å². The Labute approximate surface area is 469 Å². The summed E-state index contributed by atoms with van der Waals surface area (Å²) >= 11 is 0. The van der Waals surface area contributed by atoms with E-state index in [9.17, 15) is 0 Å². The quantitative estimate of drug-likeness (QED) is 0.129. The van der Waals surface area contributed by atoms with E-state index < -0.39 is 0 Å². The van der Waals surface area contributed by atoms with Gasteiger partial charge in [0.25, 0.3) is 0 Å². The first-order valence-corrected chi connectivity index (χ1v) is 27.8. The van der Waals surface area contributed by atoms with Gasteiger partial charge in [-0.3, -0.25) is 0 Å². The first-order valence-electron chi connectivity index (χ1n) is 27.8. The van der Waals surface area contributed by atoms with Crippen LogP contribution in [0, 0.1) is 0 Å². The molecule has 12 aromatic rings. The topological polar surface area (TPSA) is 19.6 Å². The first kappa shape index (κ1) is 48.7. The lowest BCUT2D eigenvalue weighted by Gasteiger charge is -2.29. The van der Waals surface area contributed by atoms with Crippen molar-refractivity contribution in [2.75, 3.05) is 9.80 Å². The Kier molecular flexibility index (Phi) is 11.6. The number of benzene rings is 11. The minimum absolute atomic E-state index is 0.122. The fraction of sp³-hybridized carbons (Fsp3) is 0.0909. The van der Waals surface area contributed by atoms with Crippen LogP contribution in [0.5, 0.6) is 0 Å². The molecule has 0 radical (unpaired) electrons. The van der Waals surface area contributed by atoms with Gasteiger partial charge in [0, 0.05) is 66.9 Å². The third kappa shape index (κ3) is 7.95. The normalized spacial score (nSPS) is 13.8. The van der Waals surface area contributed by atoms with Crippen LogP contribution in [-0.4, -0.2) is 0 Å². The molecule has 0 aliphatic heterocycles. The van der Waals surface area contributed by atoms with Crippen LogP contribution in [0.2, 0.25) is 0 Å². The molecule has 0 saturated carbocycles. The molecule has 1 aromatic heterocycles. The highest BCUT2D eigenvalue weighted by atomic mass is 16.3. The summed E-state index contributed by atoms with van der Waals surface area (Å²) in [6.07, 6.45) is 2.01. The number of nitrogens with zero attached hydrogens (tertiary/aromatic N) is 2. The predicted octanol–water partition coefficient (Wildman–Crippen LogP) is 21.8. The molecular formula is C77H60N2O. The third-order valence-electron chi connectivity index (χ3n) is 17.5. The molecule has 11 aromatic carbocycles. The highest BCUT2D eigenvalue weighted by Gasteiger charge is 2.37. The summed E-state index contributed by atoms with van der Waals surface area (Å²) in [4.78, 5) is 4.77. The minimum Gasteiger partial charge on any atom is -0.455 e. The first-order chi connectivity index (χ1) is 39.0. The van der Waals surface area contributed by atoms with Crippen LogP contribution in [0.15, 0.2) is 277 Å². The van der Waals surface area contributed by atoms with Gasteiger partial charge in [0.2, 0.25) is 0 Å². The molecule has 0 unspecified atom stereocenters. The van der Waals surface area contributed by atoms with Crippen molar-refractivity contribution in [2.24, 2.45) is 0 Å². The molecule has 384 valence electrons. The molecule has 2 aliphatic rings. The second-order valence-electron chi connectivity index (χ2n) is 22.6. The van der Waals surface area contributed by atoms with Crippen LogP contribution in [0.3, 0.4) is 0 Å².